The molecule has 0 spiro atoms. The summed E-state index contributed by atoms with van der Waals surface area (Å²) < 4.78 is 16.4. The van der Waals surface area contributed by atoms with Gasteiger partial charge < -0.3 is 19.5 Å². The minimum Gasteiger partial charge on any atom is -0.496 e. The third-order valence-electron chi connectivity index (χ3n) is 4.42. The molecule has 1 unspecified atom stereocenters. The highest BCUT2D eigenvalue weighted by atomic mass is 16.5. The van der Waals surface area contributed by atoms with Gasteiger partial charge in [0.1, 0.15) is 5.75 Å². The Labute approximate surface area is 137 Å². The number of nitrogens with one attached hydrogen (secondary N) is 1. The largest absolute Gasteiger partial charge is 0.496 e. The van der Waals surface area contributed by atoms with Gasteiger partial charge >= 0.3 is 0 Å². The number of hydrogen-bond donors (Lipinski definition) is 1. The van der Waals surface area contributed by atoms with Gasteiger partial charge in [0, 0.05) is 6.04 Å². The number of fused-ring (bicyclic) bond motifs is 1. The summed E-state index contributed by atoms with van der Waals surface area (Å²) in [5.74, 6) is 2.51. The average Bonchev–Trinajstić information content (AvgIpc) is 2.61. The highest BCUT2D eigenvalue weighted by Gasteiger charge is 2.23. The van der Waals surface area contributed by atoms with E-state index in [1.54, 1.807) is 21.3 Å². The highest BCUT2D eigenvalue weighted by Crippen LogP contribution is 2.36. The molecule has 0 amide bonds. The van der Waals surface area contributed by atoms with Gasteiger partial charge in [-0.05, 0) is 54.3 Å². The standard InChI is InChI=1S/C19H23NO3/c1-21-17-7-5-4-6-14(17)10-16-15-12-19(23-3)18(22-2)11-13(15)8-9-20-16/h4-7,11-12,16,20H,8-10H2,1-3H3. The van der Waals surface area contributed by atoms with Crippen LogP contribution in [0.4, 0.5) is 0 Å². The fraction of sp³-hybridized carbons (Fsp3) is 0.368. The van der Waals surface area contributed by atoms with Gasteiger partial charge in [0.05, 0.1) is 21.3 Å². The van der Waals surface area contributed by atoms with Crippen LogP contribution in [0, 0.1) is 0 Å². The van der Waals surface area contributed by atoms with Crippen LogP contribution >= 0.6 is 0 Å². The van der Waals surface area contributed by atoms with Crippen molar-refractivity contribution in [2.24, 2.45) is 0 Å². The Morgan fingerprint density at radius 3 is 2.39 bits per heavy atom. The highest BCUT2D eigenvalue weighted by molar-refractivity contribution is 5.50. The van der Waals surface area contributed by atoms with Gasteiger partial charge in [-0.15, -0.1) is 0 Å². The van der Waals surface area contributed by atoms with E-state index in [0.717, 1.165) is 36.6 Å². The first-order chi connectivity index (χ1) is 11.3. The maximum Gasteiger partial charge on any atom is 0.161 e. The fourth-order valence-corrected chi connectivity index (χ4v) is 3.24. The molecular weight excluding hydrogens is 290 g/mol. The first kappa shape index (κ1) is 15.7. The van der Waals surface area contributed by atoms with Crippen molar-refractivity contribution in [2.45, 2.75) is 18.9 Å². The molecule has 4 heteroatoms. The molecule has 1 N–H and O–H groups in total. The first-order valence-corrected chi connectivity index (χ1v) is 7.87. The molecule has 2 aromatic rings. The van der Waals surface area contributed by atoms with Crippen molar-refractivity contribution in [3.05, 3.63) is 53.1 Å². The van der Waals surface area contributed by atoms with E-state index in [1.807, 2.05) is 12.1 Å². The van der Waals surface area contributed by atoms with E-state index in [0.29, 0.717) is 0 Å². The Hall–Kier alpha value is -2.20. The predicted molar refractivity (Wildman–Crippen MR) is 90.7 cm³/mol. The molecule has 0 saturated carbocycles. The third kappa shape index (κ3) is 3.13. The van der Waals surface area contributed by atoms with E-state index in [-0.39, 0.29) is 6.04 Å². The molecule has 122 valence electrons. The predicted octanol–water partition coefficient (Wildman–Crippen LogP) is 3.14. The lowest BCUT2D eigenvalue weighted by molar-refractivity contribution is 0.352. The number of para-hydroxylation sites is 1. The normalized spacial score (nSPS) is 16.6. The summed E-state index contributed by atoms with van der Waals surface area (Å²) in [6.07, 6.45) is 1.88. The van der Waals surface area contributed by atoms with E-state index in [9.17, 15) is 0 Å². The third-order valence-corrected chi connectivity index (χ3v) is 4.42. The number of rotatable bonds is 5. The van der Waals surface area contributed by atoms with E-state index in [1.165, 1.54) is 16.7 Å². The van der Waals surface area contributed by atoms with Crippen LogP contribution in [0.25, 0.3) is 0 Å². The fourth-order valence-electron chi connectivity index (χ4n) is 3.24. The quantitative estimate of drug-likeness (QED) is 0.920. The van der Waals surface area contributed by atoms with Crippen LogP contribution in [0.15, 0.2) is 36.4 Å². The lowest BCUT2D eigenvalue weighted by Gasteiger charge is -2.28. The summed E-state index contributed by atoms with van der Waals surface area (Å²) in [4.78, 5) is 0. The van der Waals surface area contributed by atoms with Crippen LogP contribution < -0.4 is 19.5 Å². The van der Waals surface area contributed by atoms with Crippen LogP contribution in [0.3, 0.4) is 0 Å². The summed E-state index contributed by atoms with van der Waals surface area (Å²) in [5, 5.41) is 3.61. The summed E-state index contributed by atoms with van der Waals surface area (Å²) in [7, 11) is 5.07. The number of benzene rings is 2. The van der Waals surface area contributed by atoms with Crippen LogP contribution in [-0.4, -0.2) is 27.9 Å². The maximum absolute atomic E-state index is 5.48. The van der Waals surface area contributed by atoms with E-state index >= 15 is 0 Å². The van der Waals surface area contributed by atoms with Gasteiger partial charge in [0.15, 0.2) is 11.5 Å². The van der Waals surface area contributed by atoms with E-state index in [4.69, 9.17) is 14.2 Å². The molecule has 1 aliphatic rings. The zero-order valence-corrected chi connectivity index (χ0v) is 13.9. The van der Waals surface area contributed by atoms with Gasteiger partial charge in [-0.3, -0.25) is 0 Å². The zero-order valence-electron chi connectivity index (χ0n) is 13.9. The number of hydrogen-bond acceptors (Lipinski definition) is 4. The van der Waals surface area contributed by atoms with Crippen LogP contribution in [0.5, 0.6) is 17.2 Å². The Balaban J connectivity index is 1.95. The van der Waals surface area contributed by atoms with Crippen molar-refractivity contribution in [2.75, 3.05) is 27.9 Å². The molecule has 1 atom stereocenters. The number of methoxy groups -OCH3 is 3. The molecule has 1 heterocycles. The lowest BCUT2D eigenvalue weighted by atomic mass is 9.89. The molecule has 2 aromatic carbocycles. The van der Waals surface area contributed by atoms with Crippen molar-refractivity contribution in [3.8, 4) is 17.2 Å². The SMILES string of the molecule is COc1ccccc1CC1NCCc2cc(OC)c(OC)cc21. The molecular formula is C19H23NO3. The van der Waals surface area contributed by atoms with Crippen LogP contribution in [-0.2, 0) is 12.8 Å². The van der Waals surface area contributed by atoms with Crippen LogP contribution in [0.1, 0.15) is 22.7 Å². The molecule has 0 bridgehead atoms. The smallest absolute Gasteiger partial charge is 0.161 e. The van der Waals surface area contributed by atoms with Gasteiger partial charge in [0.25, 0.3) is 0 Å². The van der Waals surface area contributed by atoms with Gasteiger partial charge in [-0.2, -0.15) is 0 Å². The molecule has 0 aliphatic carbocycles. The summed E-state index contributed by atoms with van der Waals surface area (Å²) >= 11 is 0. The molecule has 4 nitrogen and oxygen atoms in total. The zero-order chi connectivity index (χ0) is 16.2. The Morgan fingerprint density at radius 2 is 1.65 bits per heavy atom. The first-order valence-electron chi connectivity index (χ1n) is 7.87. The molecule has 0 fully saturated rings. The van der Waals surface area contributed by atoms with Crippen molar-refractivity contribution < 1.29 is 14.2 Å². The van der Waals surface area contributed by atoms with Gasteiger partial charge in [-0.1, -0.05) is 18.2 Å². The van der Waals surface area contributed by atoms with Gasteiger partial charge in [-0.25, -0.2) is 0 Å². The molecule has 0 radical (unpaired) electrons. The lowest BCUT2D eigenvalue weighted by Crippen LogP contribution is -2.31. The minimum absolute atomic E-state index is 0.245. The summed E-state index contributed by atoms with van der Waals surface area (Å²) in [5.41, 5.74) is 3.80. The Morgan fingerprint density at radius 1 is 0.957 bits per heavy atom. The molecule has 0 aromatic heterocycles. The van der Waals surface area contributed by atoms with Crippen molar-refractivity contribution in [3.63, 3.8) is 0 Å². The van der Waals surface area contributed by atoms with Crippen molar-refractivity contribution in [1.29, 1.82) is 0 Å². The Bertz CT molecular complexity index is 684. The molecule has 23 heavy (non-hydrogen) atoms. The second-order valence-electron chi connectivity index (χ2n) is 5.68. The molecule has 1 aliphatic heterocycles. The van der Waals surface area contributed by atoms with Crippen LogP contribution in [0.2, 0.25) is 0 Å². The topological polar surface area (TPSA) is 39.7 Å². The second kappa shape index (κ2) is 6.92. The van der Waals surface area contributed by atoms with E-state index < -0.39 is 0 Å². The number of ether oxygens (including phenoxy) is 3. The molecule has 3 rings (SSSR count). The summed E-state index contributed by atoms with van der Waals surface area (Å²) in [6.45, 7) is 0.961. The van der Waals surface area contributed by atoms with Gasteiger partial charge in [0.2, 0.25) is 0 Å². The van der Waals surface area contributed by atoms with Crippen molar-refractivity contribution in [1.82, 2.24) is 5.32 Å². The second-order valence-corrected chi connectivity index (χ2v) is 5.68. The Kier molecular flexibility index (Phi) is 4.72. The maximum atomic E-state index is 5.48. The van der Waals surface area contributed by atoms with E-state index in [2.05, 4.69) is 29.6 Å². The average molecular weight is 313 g/mol. The summed E-state index contributed by atoms with van der Waals surface area (Å²) in [6, 6.07) is 12.6. The minimum atomic E-state index is 0.245. The monoisotopic (exact) mass is 313 g/mol. The molecule has 0 saturated heterocycles. The van der Waals surface area contributed by atoms with Crippen molar-refractivity contribution >= 4 is 0 Å².